The number of carbonyl (C=O) groups excluding carboxylic acids is 2. The van der Waals surface area contributed by atoms with Gasteiger partial charge in [0, 0.05) is 6.54 Å². The third kappa shape index (κ3) is 4.60. The Labute approximate surface area is 199 Å². The van der Waals surface area contributed by atoms with Gasteiger partial charge in [0.2, 0.25) is 0 Å². The normalized spacial score (nSPS) is 24.6. The van der Waals surface area contributed by atoms with Gasteiger partial charge in [0.25, 0.3) is 11.8 Å². The van der Waals surface area contributed by atoms with Gasteiger partial charge in [0.05, 0.1) is 12.1 Å². The average Bonchev–Trinajstić information content (AvgIpc) is 3.29. The summed E-state index contributed by atoms with van der Waals surface area (Å²) >= 11 is 0. The number of hydrogen-bond acceptors (Lipinski definition) is 4. The van der Waals surface area contributed by atoms with Gasteiger partial charge in [-0.2, -0.15) is 0 Å². The maximum atomic E-state index is 13.6. The van der Waals surface area contributed by atoms with Crippen LogP contribution < -0.4 is 5.32 Å². The second kappa shape index (κ2) is 9.79. The van der Waals surface area contributed by atoms with E-state index in [1.807, 2.05) is 103 Å². The van der Waals surface area contributed by atoms with Crippen LogP contribution in [0.1, 0.15) is 29.7 Å². The third-order valence-corrected chi connectivity index (χ3v) is 6.48. The Morgan fingerprint density at radius 1 is 0.882 bits per heavy atom. The van der Waals surface area contributed by atoms with Crippen molar-refractivity contribution < 1.29 is 19.1 Å². The molecular formula is C28H28N2O4. The lowest BCUT2D eigenvalue weighted by Crippen LogP contribution is -2.56. The van der Waals surface area contributed by atoms with E-state index in [4.69, 9.17) is 9.47 Å². The fourth-order valence-electron chi connectivity index (χ4n) is 4.66. The molecule has 2 saturated heterocycles. The average molecular weight is 457 g/mol. The Hall–Kier alpha value is -3.48. The molecule has 2 heterocycles. The standard InChI is InChI=1S/C28H28N2O4/c1-19(22-15-9-4-10-16-22)29-26(31)24-25-27(32)30(18-21-13-7-3-8-14-21)23(28(33-24)34-25)17-20-11-5-2-6-12-20/h2-16,19,23-25,28H,17-18H2,1H3,(H,29,31)/t19?,23-,24+,25+,28+/m0/s1. The van der Waals surface area contributed by atoms with Crippen LogP contribution in [0.15, 0.2) is 91.0 Å². The Bertz CT molecular complexity index is 1120. The Morgan fingerprint density at radius 3 is 2.12 bits per heavy atom. The highest BCUT2D eigenvalue weighted by atomic mass is 16.7. The molecule has 2 bridgehead atoms. The summed E-state index contributed by atoms with van der Waals surface area (Å²) in [5, 5.41) is 2.99. The summed E-state index contributed by atoms with van der Waals surface area (Å²) in [6.45, 7) is 2.35. The molecule has 0 saturated carbocycles. The first-order valence-electron chi connectivity index (χ1n) is 11.6. The minimum absolute atomic E-state index is 0.214. The number of nitrogens with zero attached hydrogens (tertiary/aromatic N) is 1. The van der Waals surface area contributed by atoms with Gasteiger partial charge in [0.1, 0.15) is 0 Å². The molecule has 1 N–H and O–H groups in total. The van der Waals surface area contributed by atoms with Crippen molar-refractivity contribution in [3.05, 3.63) is 108 Å². The second-order valence-electron chi connectivity index (χ2n) is 8.83. The highest BCUT2D eigenvalue weighted by Gasteiger charge is 2.55. The Balaban J connectivity index is 1.37. The monoisotopic (exact) mass is 456 g/mol. The molecule has 6 nitrogen and oxygen atoms in total. The quantitative estimate of drug-likeness (QED) is 0.590. The van der Waals surface area contributed by atoms with Crippen LogP contribution in [0.2, 0.25) is 0 Å². The molecule has 3 aromatic rings. The zero-order valence-electron chi connectivity index (χ0n) is 19.0. The topological polar surface area (TPSA) is 67.9 Å². The summed E-state index contributed by atoms with van der Waals surface area (Å²) in [5.41, 5.74) is 3.08. The van der Waals surface area contributed by atoms with Crippen LogP contribution in [0.5, 0.6) is 0 Å². The first-order chi connectivity index (χ1) is 16.6. The summed E-state index contributed by atoms with van der Waals surface area (Å²) < 4.78 is 12.1. The van der Waals surface area contributed by atoms with Crippen molar-refractivity contribution in [1.29, 1.82) is 0 Å². The minimum atomic E-state index is -0.984. The number of fused-ring (bicyclic) bond motifs is 2. The van der Waals surface area contributed by atoms with Crippen molar-refractivity contribution in [2.45, 2.75) is 50.5 Å². The molecule has 2 fully saturated rings. The fraction of sp³-hybridized carbons (Fsp3) is 0.286. The second-order valence-corrected chi connectivity index (χ2v) is 8.83. The lowest BCUT2D eigenvalue weighted by molar-refractivity contribution is -0.177. The van der Waals surface area contributed by atoms with Gasteiger partial charge in [-0.15, -0.1) is 0 Å². The number of benzene rings is 3. The summed E-state index contributed by atoms with van der Waals surface area (Å²) in [7, 11) is 0. The van der Waals surface area contributed by atoms with Gasteiger partial charge in [-0.3, -0.25) is 9.59 Å². The molecule has 6 heteroatoms. The van der Waals surface area contributed by atoms with Crippen molar-refractivity contribution in [2.24, 2.45) is 0 Å². The van der Waals surface area contributed by atoms with E-state index in [-0.39, 0.29) is 23.9 Å². The highest BCUT2D eigenvalue weighted by molar-refractivity contribution is 5.92. The first-order valence-corrected chi connectivity index (χ1v) is 11.6. The van der Waals surface area contributed by atoms with E-state index < -0.39 is 18.5 Å². The number of amides is 2. The number of rotatable bonds is 7. The molecule has 1 unspecified atom stereocenters. The van der Waals surface area contributed by atoms with E-state index >= 15 is 0 Å². The van der Waals surface area contributed by atoms with Crippen LogP contribution in [0.4, 0.5) is 0 Å². The van der Waals surface area contributed by atoms with Crippen LogP contribution in [0.25, 0.3) is 0 Å². The van der Waals surface area contributed by atoms with Crippen LogP contribution in [0, 0.1) is 0 Å². The van der Waals surface area contributed by atoms with Gasteiger partial charge in [-0.25, -0.2) is 0 Å². The van der Waals surface area contributed by atoms with E-state index in [1.165, 1.54) is 0 Å². The molecule has 3 aromatic carbocycles. The van der Waals surface area contributed by atoms with Crippen molar-refractivity contribution in [3.63, 3.8) is 0 Å². The summed E-state index contributed by atoms with van der Waals surface area (Å²) in [6, 6.07) is 29.0. The maximum absolute atomic E-state index is 13.6. The van der Waals surface area contributed by atoms with Crippen molar-refractivity contribution in [3.8, 4) is 0 Å². The number of morpholine rings is 1. The molecule has 34 heavy (non-hydrogen) atoms. The van der Waals surface area contributed by atoms with E-state index in [0.717, 1.165) is 16.7 Å². The number of ether oxygens (including phenoxy) is 2. The molecule has 2 amide bonds. The lowest BCUT2D eigenvalue weighted by Gasteiger charge is -2.38. The van der Waals surface area contributed by atoms with Gasteiger partial charge < -0.3 is 19.7 Å². The molecule has 174 valence electrons. The van der Waals surface area contributed by atoms with Gasteiger partial charge in [0.15, 0.2) is 18.5 Å². The molecular weight excluding hydrogens is 428 g/mol. The predicted octanol–water partition coefficient (Wildman–Crippen LogP) is 3.63. The van der Waals surface area contributed by atoms with E-state index in [0.29, 0.717) is 13.0 Å². The van der Waals surface area contributed by atoms with Crippen LogP contribution in [-0.4, -0.2) is 41.3 Å². The molecule has 2 aliphatic heterocycles. The van der Waals surface area contributed by atoms with Gasteiger partial charge in [-0.05, 0) is 30.0 Å². The van der Waals surface area contributed by atoms with Crippen molar-refractivity contribution in [2.75, 3.05) is 0 Å². The third-order valence-electron chi connectivity index (χ3n) is 6.48. The summed E-state index contributed by atoms with van der Waals surface area (Å²) in [5.74, 6) is -0.553. The van der Waals surface area contributed by atoms with E-state index in [2.05, 4.69) is 5.32 Å². The molecule has 0 radical (unpaired) electrons. The van der Waals surface area contributed by atoms with Crippen LogP contribution in [-0.2, 0) is 32.0 Å². The van der Waals surface area contributed by atoms with Gasteiger partial charge >= 0.3 is 0 Å². The molecule has 2 aliphatic rings. The maximum Gasteiger partial charge on any atom is 0.255 e. The molecule has 0 aliphatic carbocycles. The lowest BCUT2D eigenvalue weighted by atomic mass is 10.0. The minimum Gasteiger partial charge on any atom is -0.347 e. The molecule has 5 atom stereocenters. The van der Waals surface area contributed by atoms with Crippen molar-refractivity contribution >= 4 is 11.8 Å². The van der Waals surface area contributed by atoms with E-state index in [9.17, 15) is 9.59 Å². The van der Waals surface area contributed by atoms with Gasteiger partial charge in [-0.1, -0.05) is 91.0 Å². The van der Waals surface area contributed by atoms with Crippen molar-refractivity contribution in [1.82, 2.24) is 10.2 Å². The number of carbonyl (C=O) groups is 2. The van der Waals surface area contributed by atoms with Crippen LogP contribution in [0.3, 0.4) is 0 Å². The summed E-state index contributed by atoms with van der Waals surface area (Å²) in [6.07, 6.45) is -2.04. The number of nitrogens with one attached hydrogen (secondary N) is 1. The molecule has 0 aromatic heterocycles. The Morgan fingerprint density at radius 2 is 1.47 bits per heavy atom. The SMILES string of the molecule is CC(NC(=O)[C@@H]1O[C@@H]2O[C@H]1C(=O)N(Cc1ccccc1)[C@H]2Cc1ccccc1)c1ccccc1. The fourth-order valence-corrected chi connectivity index (χ4v) is 4.66. The highest BCUT2D eigenvalue weighted by Crippen LogP contribution is 2.34. The zero-order chi connectivity index (χ0) is 23.5. The molecule has 0 spiro atoms. The predicted molar refractivity (Wildman–Crippen MR) is 127 cm³/mol. The first kappa shape index (κ1) is 22.3. The largest absolute Gasteiger partial charge is 0.347 e. The van der Waals surface area contributed by atoms with Crippen LogP contribution >= 0.6 is 0 Å². The van der Waals surface area contributed by atoms with E-state index in [1.54, 1.807) is 0 Å². The molecule has 5 rings (SSSR count). The summed E-state index contributed by atoms with van der Waals surface area (Å²) in [4.78, 5) is 28.6. The smallest absolute Gasteiger partial charge is 0.255 e. The zero-order valence-corrected chi connectivity index (χ0v) is 19.0. The Kier molecular flexibility index (Phi) is 6.43. The number of hydrogen-bond donors (Lipinski definition) is 1.